The molecule has 0 atom stereocenters. The SMILES string of the molecule is Cc1nc(C2CCNCC2)cnc1Br. The molecule has 0 saturated carbocycles. The second-order valence-corrected chi connectivity index (χ2v) is 4.45. The van der Waals surface area contributed by atoms with E-state index in [0.717, 1.165) is 29.1 Å². The zero-order valence-corrected chi connectivity index (χ0v) is 9.84. The molecule has 0 bridgehead atoms. The number of piperidine rings is 1. The number of nitrogens with zero attached hydrogens (tertiary/aromatic N) is 2. The van der Waals surface area contributed by atoms with Gasteiger partial charge < -0.3 is 5.32 Å². The zero-order chi connectivity index (χ0) is 9.97. The summed E-state index contributed by atoms with van der Waals surface area (Å²) in [7, 11) is 0. The smallest absolute Gasteiger partial charge is 0.127 e. The number of nitrogens with one attached hydrogen (secondary N) is 1. The maximum Gasteiger partial charge on any atom is 0.127 e. The van der Waals surface area contributed by atoms with Crippen LogP contribution < -0.4 is 5.32 Å². The maximum absolute atomic E-state index is 4.56. The lowest BCUT2D eigenvalue weighted by Crippen LogP contribution is -2.27. The van der Waals surface area contributed by atoms with Crippen LogP contribution in [0.15, 0.2) is 10.8 Å². The highest BCUT2D eigenvalue weighted by Gasteiger charge is 2.17. The van der Waals surface area contributed by atoms with Crippen LogP contribution in [0, 0.1) is 6.92 Å². The number of aryl methyl sites for hydroxylation is 1. The molecule has 1 fully saturated rings. The fraction of sp³-hybridized carbons (Fsp3) is 0.600. The van der Waals surface area contributed by atoms with Gasteiger partial charge in [-0.3, -0.25) is 4.98 Å². The third-order valence-corrected chi connectivity index (χ3v) is 3.44. The average Bonchev–Trinajstić information content (AvgIpc) is 2.23. The molecule has 2 heterocycles. The quantitative estimate of drug-likeness (QED) is 0.835. The van der Waals surface area contributed by atoms with Gasteiger partial charge in [-0.15, -0.1) is 0 Å². The van der Waals surface area contributed by atoms with E-state index in [9.17, 15) is 0 Å². The third-order valence-electron chi connectivity index (χ3n) is 2.66. The van der Waals surface area contributed by atoms with Crippen molar-refractivity contribution in [3.63, 3.8) is 0 Å². The number of aromatic nitrogens is 2. The molecule has 1 aromatic heterocycles. The van der Waals surface area contributed by atoms with Crippen LogP contribution in [0.2, 0.25) is 0 Å². The minimum Gasteiger partial charge on any atom is -0.317 e. The summed E-state index contributed by atoms with van der Waals surface area (Å²) in [4.78, 5) is 8.85. The summed E-state index contributed by atoms with van der Waals surface area (Å²) in [6.07, 6.45) is 4.25. The molecule has 0 aliphatic carbocycles. The molecule has 1 aliphatic heterocycles. The van der Waals surface area contributed by atoms with E-state index < -0.39 is 0 Å². The van der Waals surface area contributed by atoms with E-state index in [-0.39, 0.29) is 0 Å². The van der Waals surface area contributed by atoms with Crippen LogP contribution in [0.3, 0.4) is 0 Å². The lowest BCUT2D eigenvalue weighted by molar-refractivity contribution is 0.451. The predicted molar refractivity (Wildman–Crippen MR) is 59.3 cm³/mol. The van der Waals surface area contributed by atoms with Crippen molar-refractivity contribution in [2.75, 3.05) is 13.1 Å². The second kappa shape index (κ2) is 4.36. The fourth-order valence-electron chi connectivity index (χ4n) is 1.80. The average molecular weight is 256 g/mol. The first-order valence-electron chi connectivity index (χ1n) is 4.97. The first-order valence-corrected chi connectivity index (χ1v) is 5.76. The highest BCUT2D eigenvalue weighted by Crippen LogP contribution is 2.24. The van der Waals surface area contributed by atoms with E-state index >= 15 is 0 Å². The van der Waals surface area contributed by atoms with Gasteiger partial charge in [0.25, 0.3) is 0 Å². The standard InChI is InChI=1S/C10H14BrN3/c1-7-10(11)13-6-9(14-7)8-2-4-12-5-3-8/h6,8,12H,2-5H2,1H3. The van der Waals surface area contributed by atoms with Crippen molar-refractivity contribution in [1.29, 1.82) is 0 Å². The molecule has 76 valence electrons. The van der Waals surface area contributed by atoms with E-state index in [4.69, 9.17) is 0 Å². The molecule has 0 radical (unpaired) electrons. The molecular weight excluding hydrogens is 242 g/mol. The monoisotopic (exact) mass is 255 g/mol. The van der Waals surface area contributed by atoms with Gasteiger partial charge in [0.2, 0.25) is 0 Å². The molecular formula is C10H14BrN3. The summed E-state index contributed by atoms with van der Waals surface area (Å²) in [5.74, 6) is 0.593. The molecule has 1 aromatic rings. The molecule has 1 saturated heterocycles. The van der Waals surface area contributed by atoms with Gasteiger partial charge in [-0.1, -0.05) is 0 Å². The first-order chi connectivity index (χ1) is 6.77. The fourth-order valence-corrected chi connectivity index (χ4v) is 1.99. The number of hydrogen-bond acceptors (Lipinski definition) is 3. The Hall–Kier alpha value is -0.480. The molecule has 14 heavy (non-hydrogen) atoms. The summed E-state index contributed by atoms with van der Waals surface area (Å²) in [6, 6.07) is 0. The van der Waals surface area contributed by atoms with Crippen molar-refractivity contribution >= 4 is 15.9 Å². The third kappa shape index (κ3) is 2.12. The van der Waals surface area contributed by atoms with Crippen LogP contribution in [0.25, 0.3) is 0 Å². The second-order valence-electron chi connectivity index (χ2n) is 3.70. The van der Waals surface area contributed by atoms with E-state index in [1.807, 2.05) is 13.1 Å². The van der Waals surface area contributed by atoms with Crippen molar-refractivity contribution in [3.05, 3.63) is 22.2 Å². The Morgan fingerprint density at radius 3 is 2.79 bits per heavy atom. The van der Waals surface area contributed by atoms with Crippen LogP contribution in [0.5, 0.6) is 0 Å². The molecule has 0 unspecified atom stereocenters. The Morgan fingerprint density at radius 2 is 2.14 bits per heavy atom. The van der Waals surface area contributed by atoms with Crippen molar-refractivity contribution in [3.8, 4) is 0 Å². The van der Waals surface area contributed by atoms with Gasteiger partial charge in [0, 0.05) is 5.92 Å². The van der Waals surface area contributed by atoms with Crippen LogP contribution in [-0.2, 0) is 0 Å². The largest absolute Gasteiger partial charge is 0.317 e. The highest BCUT2D eigenvalue weighted by atomic mass is 79.9. The minimum absolute atomic E-state index is 0.593. The van der Waals surface area contributed by atoms with Gasteiger partial charge in [0.05, 0.1) is 17.6 Å². The van der Waals surface area contributed by atoms with E-state index in [1.54, 1.807) is 0 Å². The van der Waals surface area contributed by atoms with Crippen LogP contribution in [-0.4, -0.2) is 23.1 Å². The van der Waals surface area contributed by atoms with Crippen molar-refractivity contribution in [2.45, 2.75) is 25.7 Å². The normalized spacial score (nSPS) is 18.4. The zero-order valence-electron chi connectivity index (χ0n) is 8.26. The van der Waals surface area contributed by atoms with E-state index in [1.165, 1.54) is 12.8 Å². The molecule has 3 nitrogen and oxygen atoms in total. The maximum atomic E-state index is 4.56. The summed E-state index contributed by atoms with van der Waals surface area (Å²) >= 11 is 3.37. The number of rotatable bonds is 1. The first kappa shape index (κ1) is 10.1. The van der Waals surface area contributed by atoms with Crippen molar-refractivity contribution in [2.24, 2.45) is 0 Å². The number of halogens is 1. The van der Waals surface area contributed by atoms with Crippen LogP contribution in [0.1, 0.15) is 30.1 Å². The summed E-state index contributed by atoms with van der Waals surface area (Å²) < 4.78 is 0.857. The molecule has 0 amide bonds. The van der Waals surface area contributed by atoms with Crippen molar-refractivity contribution in [1.82, 2.24) is 15.3 Å². The lowest BCUT2D eigenvalue weighted by atomic mass is 9.95. The van der Waals surface area contributed by atoms with Crippen LogP contribution >= 0.6 is 15.9 Å². The van der Waals surface area contributed by atoms with Gasteiger partial charge in [-0.2, -0.15) is 0 Å². The lowest BCUT2D eigenvalue weighted by Gasteiger charge is -2.22. The van der Waals surface area contributed by atoms with Crippen LogP contribution in [0.4, 0.5) is 0 Å². The Balaban J connectivity index is 2.18. The number of hydrogen-bond donors (Lipinski definition) is 1. The molecule has 1 N–H and O–H groups in total. The van der Waals surface area contributed by atoms with Gasteiger partial charge >= 0.3 is 0 Å². The van der Waals surface area contributed by atoms with Gasteiger partial charge in [0.15, 0.2) is 0 Å². The Bertz CT molecular complexity index is 321. The summed E-state index contributed by atoms with van der Waals surface area (Å²) in [5, 5.41) is 3.35. The van der Waals surface area contributed by atoms with Gasteiger partial charge in [-0.25, -0.2) is 4.98 Å². The van der Waals surface area contributed by atoms with Crippen molar-refractivity contribution < 1.29 is 0 Å². The van der Waals surface area contributed by atoms with E-state index in [0.29, 0.717) is 5.92 Å². The molecule has 2 rings (SSSR count). The molecule has 0 aromatic carbocycles. The summed E-state index contributed by atoms with van der Waals surface area (Å²) in [6.45, 7) is 4.19. The summed E-state index contributed by atoms with van der Waals surface area (Å²) in [5.41, 5.74) is 2.13. The predicted octanol–water partition coefficient (Wildman–Crippen LogP) is 2.01. The van der Waals surface area contributed by atoms with E-state index in [2.05, 4.69) is 31.2 Å². The molecule has 0 spiro atoms. The minimum atomic E-state index is 0.593. The van der Waals surface area contributed by atoms with Gasteiger partial charge in [-0.05, 0) is 48.8 Å². The Morgan fingerprint density at radius 1 is 1.43 bits per heavy atom. The highest BCUT2D eigenvalue weighted by molar-refractivity contribution is 9.10. The molecule has 4 heteroatoms. The Labute approximate surface area is 92.5 Å². The van der Waals surface area contributed by atoms with Gasteiger partial charge in [0.1, 0.15) is 4.60 Å². The Kier molecular flexibility index (Phi) is 3.13. The topological polar surface area (TPSA) is 37.8 Å². The molecule has 1 aliphatic rings.